The Morgan fingerprint density at radius 3 is 2.72 bits per heavy atom. The first-order valence-electron chi connectivity index (χ1n) is 10.5. The Morgan fingerprint density at radius 2 is 2.03 bits per heavy atom. The van der Waals surface area contributed by atoms with E-state index in [1.165, 1.54) is 6.92 Å². The van der Waals surface area contributed by atoms with E-state index in [9.17, 15) is 24.6 Å². The van der Waals surface area contributed by atoms with Gasteiger partial charge in [-0.05, 0) is 49.7 Å². The van der Waals surface area contributed by atoms with Crippen molar-refractivity contribution in [2.45, 2.75) is 64.6 Å². The van der Waals surface area contributed by atoms with Gasteiger partial charge >= 0.3 is 5.97 Å². The monoisotopic (exact) mass is 402 g/mol. The van der Waals surface area contributed by atoms with Gasteiger partial charge in [0.1, 0.15) is 18.5 Å². The summed E-state index contributed by atoms with van der Waals surface area (Å²) in [6.45, 7) is 4.95. The number of fused-ring (bicyclic) bond motifs is 5. The van der Waals surface area contributed by atoms with Crippen molar-refractivity contribution in [3.05, 3.63) is 23.8 Å². The third-order valence-corrected chi connectivity index (χ3v) is 8.47. The maximum atomic E-state index is 13.5. The number of hydrogen-bond acceptors (Lipinski definition) is 6. The lowest BCUT2D eigenvalue weighted by Crippen LogP contribution is -2.61. The van der Waals surface area contributed by atoms with Gasteiger partial charge in [0.05, 0.1) is 5.60 Å². The molecule has 0 heterocycles. The summed E-state index contributed by atoms with van der Waals surface area (Å²) in [5.74, 6) is -0.473. The Kier molecular flexibility index (Phi) is 4.67. The molecule has 0 bridgehead atoms. The summed E-state index contributed by atoms with van der Waals surface area (Å²) in [7, 11) is 0. The van der Waals surface area contributed by atoms with Crippen LogP contribution in [0.5, 0.6) is 0 Å². The molecular formula is C23H30O6. The smallest absolute Gasteiger partial charge is 0.302 e. The van der Waals surface area contributed by atoms with Crippen molar-refractivity contribution < 1.29 is 29.3 Å². The standard InChI is InChI=1S/C23H30O6/c1-13(24)29-12-19(27)23(28)9-7-17-16-5-4-14-10-15(25)6-8-21(14,2)20(16)18(26)11-22(17,23)3/h6,8,10,16-17,19-20,27-28H,4-5,7,9,11-12H2,1-3H3/t16-,17-,19+,20+,21+,22+,23-/m1/s1. The van der Waals surface area contributed by atoms with Gasteiger partial charge in [-0.25, -0.2) is 0 Å². The van der Waals surface area contributed by atoms with Crippen LogP contribution in [-0.4, -0.2) is 46.1 Å². The summed E-state index contributed by atoms with van der Waals surface area (Å²) in [6.07, 6.45) is 6.77. The van der Waals surface area contributed by atoms with E-state index < -0.39 is 28.5 Å². The highest BCUT2D eigenvalue weighted by atomic mass is 16.5. The molecule has 0 aliphatic heterocycles. The van der Waals surface area contributed by atoms with E-state index in [1.54, 1.807) is 12.2 Å². The first kappa shape index (κ1) is 20.5. The molecular weight excluding hydrogens is 372 g/mol. The molecule has 0 saturated heterocycles. The van der Waals surface area contributed by atoms with Gasteiger partial charge in [-0.2, -0.15) is 0 Å². The summed E-state index contributed by atoms with van der Waals surface area (Å²) in [5.41, 5.74) is -1.65. The first-order valence-corrected chi connectivity index (χ1v) is 10.5. The number of Topliss-reactive ketones (excluding diaryl/α,β-unsaturated/α-hetero) is 1. The fraction of sp³-hybridized carbons (Fsp3) is 0.696. The number of hydrogen-bond donors (Lipinski definition) is 2. The molecule has 0 spiro atoms. The quantitative estimate of drug-likeness (QED) is 0.702. The lowest BCUT2D eigenvalue weighted by atomic mass is 9.46. The van der Waals surface area contributed by atoms with E-state index >= 15 is 0 Å². The molecule has 6 heteroatoms. The summed E-state index contributed by atoms with van der Waals surface area (Å²) in [6, 6.07) is 0. The van der Waals surface area contributed by atoms with Crippen LogP contribution in [0, 0.1) is 28.6 Å². The molecule has 0 unspecified atom stereocenters. The summed E-state index contributed by atoms with van der Waals surface area (Å²) in [5, 5.41) is 22.2. The Balaban J connectivity index is 1.66. The molecule has 2 N–H and O–H groups in total. The number of aliphatic hydroxyl groups is 2. The van der Waals surface area contributed by atoms with Gasteiger partial charge in [0.25, 0.3) is 0 Å². The van der Waals surface area contributed by atoms with Crippen molar-refractivity contribution in [1.29, 1.82) is 0 Å². The zero-order valence-electron chi connectivity index (χ0n) is 17.3. The number of allylic oxidation sites excluding steroid dienone is 4. The summed E-state index contributed by atoms with van der Waals surface area (Å²) >= 11 is 0. The van der Waals surface area contributed by atoms with Crippen LogP contribution in [0.4, 0.5) is 0 Å². The van der Waals surface area contributed by atoms with Gasteiger partial charge in [-0.15, -0.1) is 0 Å². The van der Waals surface area contributed by atoms with E-state index in [-0.39, 0.29) is 42.3 Å². The fourth-order valence-corrected chi connectivity index (χ4v) is 6.95. The molecule has 0 aromatic rings. The van der Waals surface area contributed by atoms with Crippen LogP contribution in [0.2, 0.25) is 0 Å². The Hall–Kier alpha value is -1.79. The third-order valence-electron chi connectivity index (χ3n) is 8.47. The van der Waals surface area contributed by atoms with Crippen LogP contribution in [0.15, 0.2) is 23.8 Å². The van der Waals surface area contributed by atoms with E-state index in [2.05, 4.69) is 6.92 Å². The highest BCUT2D eigenvalue weighted by Crippen LogP contribution is 2.66. The average molecular weight is 402 g/mol. The topological polar surface area (TPSA) is 101 Å². The number of ether oxygens (including phenoxy) is 1. The SMILES string of the molecule is CC(=O)OC[C@H](O)[C@]1(O)CC[C@@H]2[C@H]3CCC4=CC(=O)C=C[C@]4(C)[C@@H]3C(=O)C[C@@]21C. The van der Waals surface area contributed by atoms with Crippen LogP contribution in [-0.2, 0) is 19.1 Å². The third kappa shape index (κ3) is 2.79. The Labute approximate surface area is 171 Å². The second-order valence-corrected chi connectivity index (χ2v) is 9.82. The van der Waals surface area contributed by atoms with Crippen molar-refractivity contribution in [2.75, 3.05) is 6.61 Å². The van der Waals surface area contributed by atoms with E-state index in [1.807, 2.05) is 13.0 Å². The molecule has 0 radical (unpaired) electrons. The summed E-state index contributed by atoms with van der Waals surface area (Å²) < 4.78 is 4.95. The molecule has 3 fully saturated rings. The molecule has 0 amide bonds. The minimum Gasteiger partial charge on any atom is -0.463 e. The fourth-order valence-electron chi connectivity index (χ4n) is 6.95. The molecule has 0 aromatic carbocycles. The Bertz CT molecular complexity index is 827. The minimum atomic E-state index is -1.47. The lowest BCUT2D eigenvalue weighted by Gasteiger charge is -2.57. The second-order valence-electron chi connectivity index (χ2n) is 9.82. The zero-order valence-corrected chi connectivity index (χ0v) is 17.3. The van der Waals surface area contributed by atoms with Gasteiger partial charge in [-0.1, -0.05) is 25.5 Å². The molecule has 0 aromatic heterocycles. The van der Waals surface area contributed by atoms with Crippen molar-refractivity contribution in [3.63, 3.8) is 0 Å². The first-order chi connectivity index (χ1) is 13.5. The van der Waals surface area contributed by atoms with Crippen LogP contribution < -0.4 is 0 Å². The second kappa shape index (κ2) is 6.61. The van der Waals surface area contributed by atoms with Crippen LogP contribution >= 0.6 is 0 Å². The largest absolute Gasteiger partial charge is 0.463 e. The van der Waals surface area contributed by atoms with E-state index in [0.717, 1.165) is 24.8 Å². The van der Waals surface area contributed by atoms with Gasteiger partial charge in [-0.3, -0.25) is 14.4 Å². The Morgan fingerprint density at radius 1 is 1.31 bits per heavy atom. The minimum absolute atomic E-state index is 0.0205. The van der Waals surface area contributed by atoms with Gasteiger partial charge in [0, 0.05) is 30.1 Å². The maximum Gasteiger partial charge on any atom is 0.302 e. The van der Waals surface area contributed by atoms with Crippen molar-refractivity contribution in [1.82, 2.24) is 0 Å². The summed E-state index contributed by atoms with van der Waals surface area (Å²) in [4.78, 5) is 36.5. The van der Waals surface area contributed by atoms with Crippen molar-refractivity contribution >= 4 is 17.5 Å². The molecule has 29 heavy (non-hydrogen) atoms. The molecule has 3 saturated carbocycles. The highest BCUT2D eigenvalue weighted by Gasteiger charge is 2.68. The molecule has 7 atom stereocenters. The molecule has 158 valence electrons. The number of esters is 1. The molecule has 4 rings (SSSR count). The number of rotatable bonds is 3. The van der Waals surface area contributed by atoms with Gasteiger partial charge in [0.2, 0.25) is 0 Å². The van der Waals surface area contributed by atoms with Crippen molar-refractivity contribution in [2.24, 2.45) is 28.6 Å². The maximum absolute atomic E-state index is 13.5. The predicted molar refractivity (Wildman–Crippen MR) is 105 cm³/mol. The normalized spacial score (nSPS) is 44.4. The number of ketones is 2. The van der Waals surface area contributed by atoms with Crippen molar-refractivity contribution in [3.8, 4) is 0 Å². The van der Waals surface area contributed by atoms with Crippen LogP contribution in [0.1, 0.15) is 52.9 Å². The number of aliphatic hydroxyl groups excluding tert-OH is 1. The highest BCUT2D eigenvalue weighted by molar-refractivity contribution is 6.01. The van der Waals surface area contributed by atoms with Gasteiger partial charge < -0.3 is 14.9 Å². The lowest BCUT2D eigenvalue weighted by molar-refractivity contribution is -0.191. The number of carbonyl (C=O) groups excluding carboxylic acids is 3. The molecule has 4 aliphatic rings. The average Bonchev–Trinajstić information content (AvgIpc) is 2.91. The molecule has 4 aliphatic carbocycles. The molecule has 6 nitrogen and oxygen atoms in total. The zero-order chi connectivity index (χ0) is 21.2. The van der Waals surface area contributed by atoms with Gasteiger partial charge in [0.15, 0.2) is 5.78 Å². The van der Waals surface area contributed by atoms with Crippen LogP contribution in [0.25, 0.3) is 0 Å². The van der Waals surface area contributed by atoms with Crippen LogP contribution in [0.3, 0.4) is 0 Å². The van der Waals surface area contributed by atoms with E-state index in [0.29, 0.717) is 6.42 Å². The van der Waals surface area contributed by atoms with E-state index in [4.69, 9.17) is 4.74 Å². The predicted octanol–water partition coefficient (Wildman–Crippen LogP) is 2.13. The number of carbonyl (C=O) groups is 3.